The lowest BCUT2D eigenvalue weighted by Gasteiger charge is -2.19. The molecule has 3 N–H and O–H groups in total. The molecule has 0 aliphatic carbocycles. The molecular formula is C22H24BrNO6. The molecule has 0 aliphatic heterocycles. The minimum Gasteiger partial charge on any atom is -0.491 e. The Hall–Kier alpha value is -2.84. The number of amides is 1. The first-order valence-corrected chi connectivity index (χ1v) is 10.2. The summed E-state index contributed by atoms with van der Waals surface area (Å²) >= 11 is 3.34. The summed E-state index contributed by atoms with van der Waals surface area (Å²) < 4.78 is 12.0. The maximum atomic E-state index is 12.4. The largest absolute Gasteiger partial charge is 0.491 e. The molecule has 1 amide bonds. The van der Waals surface area contributed by atoms with E-state index in [-0.39, 0.29) is 13.2 Å². The summed E-state index contributed by atoms with van der Waals surface area (Å²) in [5.74, 6) is -0.431. The molecule has 8 heteroatoms. The monoisotopic (exact) mass is 477 g/mol. The molecule has 0 unspecified atom stereocenters. The SMILES string of the molecule is O=C(O)/C=C/CCC[C@H](OC(=O)Nc1ccc(Br)cc1)c1cccc(OCCO)c1. The number of carbonyl (C=O) groups excluding carboxylic acids is 1. The molecule has 2 rings (SSSR count). The summed E-state index contributed by atoms with van der Waals surface area (Å²) in [5.41, 5.74) is 1.35. The van der Waals surface area contributed by atoms with Crippen LogP contribution in [0.15, 0.2) is 65.2 Å². The summed E-state index contributed by atoms with van der Waals surface area (Å²) in [7, 11) is 0. The first kappa shape index (κ1) is 23.4. The molecule has 0 heterocycles. The van der Waals surface area contributed by atoms with Gasteiger partial charge in [-0.1, -0.05) is 34.1 Å². The quantitative estimate of drug-likeness (QED) is 0.313. The van der Waals surface area contributed by atoms with Crippen LogP contribution in [0, 0.1) is 0 Å². The van der Waals surface area contributed by atoms with Gasteiger partial charge in [0.15, 0.2) is 0 Å². The minimum absolute atomic E-state index is 0.102. The van der Waals surface area contributed by atoms with Gasteiger partial charge < -0.3 is 19.7 Å². The first-order chi connectivity index (χ1) is 14.5. The molecule has 1 atom stereocenters. The van der Waals surface area contributed by atoms with Gasteiger partial charge in [0.2, 0.25) is 0 Å². The Kier molecular flexibility index (Phi) is 9.90. The van der Waals surface area contributed by atoms with E-state index in [0.717, 1.165) is 16.1 Å². The van der Waals surface area contributed by atoms with Crippen LogP contribution in [0.4, 0.5) is 10.5 Å². The van der Waals surface area contributed by atoms with Crippen LogP contribution in [0.25, 0.3) is 0 Å². The van der Waals surface area contributed by atoms with E-state index in [9.17, 15) is 9.59 Å². The summed E-state index contributed by atoms with van der Waals surface area (Å²) in [6, 6.07) is 14.3. The number of ether oxygens (including phenoxy) is 2. The molecule has 2 aromatic rings. The van der Waals surface area contributed by atoms with Gasteiger partial charge in [-0.2, -0.15) is 0 Å². The van der Waals surface area contributed by atoms with Gasteiger partial charge >= 0.3 is 12.1 Å². The molecule has 0 aliphatic rings. The third-order valence-electron chi connectivity index (χ3n) is 4.03. The number of carbonyl (C=O) groups is 2. The molecular weight excluding hydrogens is 454 g/mol. The maximum Gasteiger partial charge on any atom is 0.412 e. The normalized spacial score (nSPS) is 11.8. The molecule has 7 nitrogen and oxygen atoms in total. The van der Waals surface area contributed by atoms with Crippen molar-refractivity contribution in [1.29, 1.82) is 0 Å². The maximum absolute atomic E-state index is 12.4. The number of hydrogen-bond donors (Lipinski definition) is 3. The number of hydrogen-bond acceptors (Lipinski definition) is 5. The van der Waals surface area contributed by atoms with Crippen molar-refractivity contribution in [3.05, 3.63) is 70.7 Å². The van der Waals surface area contributed by atoms with E-state index >= 15 is 0 Å². The zero-order valence-electron chi connectivity index (χ0n) is 16.3. The topological polar surface area (TPSA) is 105 Å². The van der Waals surface area contributed by atoms with Crippen LogP contribution >= 0.6 is 15.9 Å². The Balaban J connectivity index is 2.06. The van der Waals surface area contributed by atoms with Crippen LogP contribution < -0.4 is 10.1 Å². The summed E-state index contributed by atoms with van der Waals surface area (Å²) in [5, 5.41) is 20.3. The van der Waals surface area contributed by atoms with Gasteiger partial charge in [-0.25, -0.2) is 9.59 Å². The van der Waals surface area contributed by atoms with Gasteiger partial charge in [0, 0.05) is 16.2 Å². The second kappa shape index (κ2) is 12.7. The van der Waals surface area contributed by atoms with Crippen molar-refractivity contribution >= 4 is 33.7 Å². The lowest BCUT2D eigenvalue weighted by molar-refractivity contribution is -0.131. The van der Waals surface area contributed by atoms with E-state index in [1.54, 1.807) is 36.4 Å². The number of benzene rings is 2. The first-order valence-electron chi connectivity index (χ1n) is 9.44. The number of nitrogens with one attached hydrogen (secondary N) is 1. The van der Waals surface area contributed by atoms with Crippen LogP contribution in [-0.2, 0) is 9.53 Å². The van der Waals surface area contributed by atoms with Crippen molar-refractivity contribution in [2.24, 2.45) is 0 Å². The zero-order chi connectivity index (χ0) is 21.8. The Labute approximate surface area is 183 Å². The average molecular weight is 478 g/mol. The highest BCUT2D eigenvalue weighted by Gasteiger charge is 2.17. The average Bonchev–Trinajstić information content (AvgIpc) is 2.73. The van der Waals surface area contributed by atoms with Crippen LogP contribution in [0.2, 0.25) is 0 Å². The number of rotatable bonds is 11. The summed E-state index contributed by atoms with van der Waals surface area (Å²) in [4.78, 5) is 23.0. The van der Waals surface area contributed by atoms with E-state index in [4.69, 9.17) is 19.7 Å². The number of aliphatic carboxylic acids is 1. The Morgan fingerprint density at radius 3 is 2.63 bits per heavy atom. The van der Waals surface area contributed by atoms with Gasteiger partial charge in [-0.3, -0.25) is 5.32 Å². The van der Waals surface area contributed by atoms with E-state index in [0.29, 0.717) is 30.7 Å². The number of allylic oxidation sites excluding steroid dienone is 1. The zero-order valence-corrected chi connectivity index (χ0v) is 17.9. The van der Waals surface area contributed by atoms with Crippen molar-refractivity contribution in [1.82, 2.24) is 0 Å². The Bertz CT molecular complexity index is 853. The number of anilines is 1. The van der Waals surface area contributed by atoms with E-state index in [1.807, 2.05) is 18.2 Å². The molecule has 0 saturated heterocycles. The number of aliphatic hydroxyl groups is 1. The van der Waals surface area contributed by atoms with Gasteiger partial charge in [0.1, 0.15) is 18.5 Å². The molecule has 30 heavy (non-hydrogen) atoms. The molecule has 0 bridgehead atoms. The third-order valence-corrected chi connectivity index (χ3v) is 4.56. The van der Waals surface area contributed by atoms with Crippen molar-refractivity contribution in [2.75, 3.05) is 18.5 Å². The molecule has 0 fully saturated rings. The fraction of sp³-hybridized carbons (Fsp3) is 0.273. The van der Waals surface area contributed by atoms with Crippen molar-refractivity contribution in [2.45, 2.75) is 25.4 Å². The standard InChI is InChI=1S/C22H24BrNO6/c23-17-9-11-18(12-10-17)24-22(28)30-20(7-2-1-3-8-21(26)27)16-5-4-6-19(15-16)29-14-13-25/h3-6,8-12,15,20,25H,1-2,7,13-14H2,(H,24,28)(H,26,27)/b8-3+/t20-/m0/s1. The fourth-order valence-electron chi connectivity index (χ4n) is 2.68. The van der Waals surface area contributed by atoms with E-state index < -0.39 is 18.2 Å². The highest BCUT2D eigenvalue weighted by molar-refractivity contribution is 9.10. The number of aliphatic hydroxyl groups excluding tert-OH is 1. The predicted octanol–water partition coefficient (Wildman–Crippen LogP) is 4.92. The lowest BCUT2D eigenvalue weighted by atomic mass is 10.0. The Morgan fingerprint density at radius 1 is 1.17 bits per heavy atom. The van der Waals surface area contributed by atoms with Gasteiger partial charge in [-0.05, 0) is 61.2 Å². The van der Waals surface area contributed by atoms with E-state index in [2.05, 4.69) is 21.2 Å². The molecule has 0 aromatic heterocycles. The predicted molar refractivity (Wildman–Crippen MR) is 117 cm³/mol. The number of carboxylic acid groups (broad SMARTS) is 1. The number of halogens is 1. The minimum atomic E-state index is -0.995. The lowest BCUT2D eigenvalue weighted by Crippen LogP contribution is -2.17. The molecule has 0 radical (unpaired) electrons. The fourth-order valence-corrected chi connectivity index (χ4v) is 2.94. The third kappa shape index (κ3) is 8.67. The summed E-state index contributed by atoms with van der Waals surface area (Å²) in [6.45, 7) is 0.0642. The van der Waals surface area contributed by atoms with Crippen LogP contribution in [0.5, 0.6) is 5.75 Å². The molecule has 160 valence electrons. The van der Waals surface area contributed by atoms with Crippen LogP contribution in [0.3, 0.4) is 0 Å². The van der Waals surface area contributed by atoms with Gasteiger partial charge in [0.25, 0.3) is 0 Å². The Morgan fingerprint density at radius 2 is 1.93 bits per heavy atom. The van der Waals surface area contributed by atoms with Crippen molar-refractivity contribution in [3.63, 3.8) is 0 Å². The number of carboxylic acids is 1. The van der Waals surface area contributed by atoms with Crippen molar-refractivity contribution in [3.8, 4) is 5.75 Å². The molecule has 2 aromatic carbocycles. The smallest absolute Gasteiger partial charge is 0.412 e. The van der Waals surface area contributed by atoms with Crippen molar-refractivity contribution < 1.29 is 29.3 Å². The number of unbranched alkanes of at least 4 members (excludes halogenated alkanes) is 1. The molecule has 0 spiro atoms. The second-order valence-corrected chi connectivity index (χ2v) is 7.26. The summed E-state index contributed by atoms with van der Waals surface area (Å²) in [6.07, 6.45) is 3.20. The highest BCUT2D eigenvalue weighted by Crippen LogP contribution is 2.27. The van der Waals surface area contributed by atoms with Gasteiger partial charge in [-0.15, -0.1) is 0 Å². The highest BCUT2D eigenvalue weighted by atomic mass is 79.9. The molecule has 0 saturated carbocycles. The van der Waals surface area contributed by atoms with Gasteiger partial charge in [0.05, 0.1) is 6.61 Å². The van der Waals surface area contributed by atoms with Crippen LogP contribution in [0.1, 0.15) is 30.9 Å². The van der Waals surface area contributed by atoms with Crippen LogP contribution in [-0.4, -0.2) is 35.5 Å². The van der Waals surface area contributed by atoms with E-state index in [1.165, 1.54) is 0 Å². The second-order valence-electron chi connectivity index (χ2n) is 6.34.